The van der Waals surface area contributed by atoms with Gasteiger partial charge in [0, 0.05) is 0 Å². The first-order valence-corrected chi connectivity index (χ1v) is 8.24. The molecule has 2 aromatic carbocycles. The summed E-state index contributed by atoms with van der Waals surface area (Å²) in [7, 11) is 0. The van der Waals surface area contributed by atoms with E-state index in [0.29, 0.717) is 5.56 Å². The highest BCUT2D eigenvalue weighted by Crippen LogP contribution is 2.29. The van der Waals surface area contributed by atoms with E-state index < -0.39 is 5.97 Å². The third-order valence-electron chi connectivity index (χ3n) is 4.29. The van der Waals surface area contributed by atoms with Gasteiger partial charge in [-0.25, -0.2) is 4.79 Å². The first kappa shape index (κ1) is 16.2. The second-order valence-electron chi connectivity index (χ2n) is 6.16. The van der Waals surface area contributed by atoms with Crippen LogP contribution >= 0.6 is 0 Å². The van der Waals surface area contributed by atoms with Gasteiger partial charge in [-0.1, -0.05) is 42.0 Å². The molecule has 0 fully saturated rings. The van der Waals surface area contributed by atoms with Gasteiger partial charge >= 0.3 is 5.97 Å². The van der Waals surface area contributed by atoms with Crippen LogP contribution in [0, 0.1) is 6.92 Å². The van der Waals surface area contributed by atoms with E-state index in [2.05, 4.69) is 17.4 Å². The molecular weight excluding hydrogens is 302 g/mol. The fourth-order valence-corrected chi connectivity index (χ4v) is 3.13. The van der Waals surface area contributed by atoms with E-state index in [9.17, 15) is 9.59 Å². The Kier molecular flexibility index (Phi) is 4.94. The first-order valence-electron chi connectivity index (χ1n) is 8.24. The highest BCUT2D eigenvalue weighted by atomic mass is 16.5. The van der Waals surface area contributed by atoms with Crippen molar-refractivity contribution >= 4 is 11.9 Å². The average Bonchev–Trinajstić information content (AvgIpc) is 2.60. The van der Waals surface area contributed by atoms with Crippen molar-refractivity contribution in [2.45, 2.75) is 32.2 Å². The molecule has 1 atom stereocenters. The zero-order chi connectivity index (χ0) is 16.9. The number of carbonyl (C=O) groups excluding carboxylic acids is 2. The molecule has 4 heteroatoms. The van der Waals surface area contributed by atoms with Crippen molar-refractivity contribution in [3.63, 3.8) is 0 Å². The Hall–Kier alpha value is -2.62. The topological polar surface area (TPSA) is 55.4 Å². The fraction of sp³-hybridized carbons (Fsp3) is 0.300. The van der Waals surface area contributed by atoms with Crippen LogP contribution in [0.4, 0.5) is 0 Å². The molecule has 0 unspecified atom stereocenters. The van der Waals surface area contributed by atoms with Crippen LogP contribution < -0.4 is 5.32 Å². The van der Waals surface area contributed by atoms with Crippen molar-refractivity contribution in [1.29, 1.82) is 0 Å². The maximum absolute atomic E-state index is 12.1. The Morgan fingerprint density at radius 2 is 2.00 bits per heavy atom. The fourth-order valence-electron chi connectivity index (χ4n) is 3.13. The van der Waals surface area contributed by atoms with E-state index >= 15 is 0 Å². The van der Waals surface area contributed by atoms with Gasteiger partial charge in [0.05, 0.1) is 11.6 Å². The maximum atomic E-state index is 12.1. The first-order chi connectivity index (χ1) is 11.6. The SMILES string of the molecule is Cc1cccc(C(=O)OCC(=O)N[C@@H]2CCCc3ccccc32)c1. The minimum Gasteiger partial charge on any atom is -0.452 e. The third-order valence-corrected chi connectivity index (χ3v) is 4.29. The number of nitrogens with one attached hydrogen (secondary N) is 1. The average molecular weight is 323 g/mol. The summed E-state index contributed by atoms with van der Waals surface area (Å²) >= 11 is 0. The molecule has 24 heavy (non-hydrogen) atoms. The molecule has 124 valence electrons. The van der Waals surface area contributed by atoms with Crippen LogP contribution in [0.25, 0.3) is 0 Å². The normalized spacial score (nSPS) is 16.1. The lowest BCUT2D eigenvalue weighted by molar-refractivity contribution is -0.125. The molecule has 4 nitrogen and oxygen atoms in total. The third kappa shape index (κ3) is 3.82. The molecule has 1 amide bonds. The minimum atomic E-state index is -0.474. The molecule has 3 rings (SSSR count). The van der Waals surface area contributed by atoms with Crippen LogP contribution in [0.5, 0.6) is 0 Å². The van der Waals surface area contributed by atoms with Gasteiger partial charge in [0.2, 0.25) is 0 Å². The number of ether oxygens (including phenoxy) is 1. The predicted molar refractivity (Wildman–Crippen MR) is 91.7 cm³/mol. The van der Waals surface area contributed by atoms with Gasteiger partial charge in [-0.3, -0.25) is 4.79 Å². The number of hydrogen-bond donors (Lipinski definition) is 1. The molecule has 0 heterocycles. The van der Waals surface area contributed by atoms with Gasteiger partial charge < -0.3 is 10.1 Å². The van der Waals surface area contributed by atoms with E-state index in [1.165, 1.54) is 11.1 Å². The van der Waals surface area contributed by atoms with Crippen molar-refractivity contribution in [3.05, 3.63) is 70.8 Å². The quantitative estimate of drug-likeness (QED) is 0.878. The van der Waals surface area contributed by atoms with Crippen LogP contribution in [0.3, 0.4) is 0 Å². The Bertz CT molecular complexity index is 754. The van der Waals surface area contributed by atoms with Crippen molar-refractivity contribution in [2.24, 2.45) is 0 Å². The Morgan fingerprint density at radius 1 is 1.17 bits per heavy atom. The van der Waals surface area contributed by atoms with Gasteiger partial charge in [0.25, 0.3) is 5.91 Å². The summed E-state index contributed by atoms with van der Waals surface area (Å²) < 4.78 is 5.12. The summed E-state index contributed by atoms with van der Waals surface area (Å²) in [5, 5.41) is 2.98. The van der Waals surface area contributed by atoms with Crippen molar-refractivity contribution in [2.75, 3.05) is 6.61 Å². The van der Waals surface area contributed by atoms with Crippen molar-refractivity contribution < 1.29 is 14.3 Å². The summed E-state index contributed by atoms with van der Waals surface area (Å²) in [5.74, 6) is -0.740. The highest BCUT2D eigenvalue weighted by molar-refractivity contribution is 5.91. The Balaban J connectivity index is 1.56. The number of amides is 1. The number of carbonyl (C=O) groups is 2. The zero-order valence-electron chi connectivity index (χ0n) is 13.7. The number of esters is 1. The van der Waals surface area contributed by atoms with Gasteiger partial charge in [-0.15, -0.1) is 0 Å². The second kappa shape index (κ2) is 7.30. The van der Waals surface area contributed by atoms with Crippen LogP contribution in [0.1, 0.15) is 45.9 Å². The van der Waals surface area contributed by atoms with Gasteiger partial charge in [-0.2, -0.15) is 0 Å². The van der Waals surface area contributed by atoms with E-state index in [-0.39, 0.29) is 18.6 Å². The van der Waals surface area contributed by atoms with E-state index in [0.717, 1.165) is 24.8 Å². The highest BCUT2D eigenvalue weighted by Gasteiger charge is 2.21. The molecule has 0 saturated carbocycles. The molecule has 1 aliphatic rings. The monoisotopic (exact) mass is 323 g/mol. The van der Waals surface area contributed by atoms with Gasteiger partial charge in [0.1, 0.15) is 0 Å². The predicted octanol–water partition coefficient (Wildman–Crippen LogP) is 3.35. The number of benzene rings is 2. The molecule has 0 saturated heterocycles. The minimum absolute atomic E-state index is 0.000113. The zero-order valence-corrected chi connectivity index (χ0v) is 13.7. The molecule has 0 radical (unpaired) electrons. The lowest BCUT2D eigenvalue weighted by Gasteiger charge is -2.26. The lowest BCUT2D eigenvalue weighted by Crippen LogP contribution is -2.34. The van der Waals surface area contributed by atoms with Crippen molar-refractivity contribution in [1.82, 2.24) is 5.32 Å². The summed E-state index contributed by atoms with van der Waals surface area (Å²) in [6.45, 7) is 1.65. The number of hydrogen-bond acceptors (Lipinski definition) is 3. The van der Waals surface area contributed by atoms with Crippen LogP contribution in [0.2, 0.25) is 0 Å². The second-order valence-corrected chi connectivity index (χ2v) is 6.16. The van der Waals surface area contributed by atoms with Crippen LogP contribution in [-0.4, -0.2) is 18.5 Å². The summed E-state index contributed by atoms with van der Waals surface area (Å²) in [6, 6.07) is 15.3. The molecule has 0 aliphatic heterocycles. The van der Waals surface area contributed by atoms with E-state index in [1.54, 1.807) is 18.2 Å². The standard InChI is InChI=1S/C20H21NO3/c1-14-6-4-9-16(12-14)20(23)24-13-19(22)21-18-11-5-8-15-7-2-3-10-17(15)18/h2-4,6-7,9-10,12,18H,5,8,11,13H2,1H3,(H,21,22)/t18-/m1/s1. The molecule has 1 N–H and O–H groups in total. The van der Waals surface area contributed by atoms with Gasteiger partial charge in [-0.05, 0) is 49.4 Å². The Morgan fingerprint density at radius 3 is 2.83 bits per heavy atom. The molecule has 0 bridgehead atoms. The molecule has 2 aromatic rings. The van der Waals surface area contributed by atoms with Crippen molar-refractivity contribution in [3.8, 4) is 0 Å². The number of rotatable bonds is 4. The summed E-state index contributed by atoms with van der Waals surface area (Å²) in [6.07, 6.45) is 3.00. The van der Waals surface area contributed by atoms with E-state index in [4.69, 9.17) is 4.74 Å². The molecule has 0 spiro atoms. The largest absolute Gasteiger partial charge is 0.452 e. The number of aryl methyl sites for hydroxylation is 2. The van der Waals surface area contributed by atoms with Crippen LogP contribution in [0.15, 0.2) is 48.5 Å². The Labute approximate surface area is 141 Å². The summed E-state index contributed by atoms with van der Waals surface area (Å²) in [5.41, 5.74) is 3.89. The molecule has 0 aromatic heterocycles. The van der Waals surface area contributed by atoms with Crippen LogP contribution in [-0.2, 0) is 16.0 Å². The molecular formula is C20H21NO3. The molecule has 1 aliphatic carbocycles. The smallest absolute Gasteiger partial charge is 0.338 e. The maximum Gasteiger partial charge on any atom is 0.338 e. The van der Waals surface area contributed by atoms with Gasteiger partial charge in [0.15, 0.2) is 6.61 Å². The lowest BCUT2D eigenvalue weighted by atomic mass is 9.88. The van der Waals surface area contributed by atoms with E-state index in [1.807, 2.05) is 25.1 Å². The summed E-state index contributed by atoms with van der Waals surface area (Å²) in [4.78, 5) is 24.1. The number of fused-ring (bicyclic) bond motifs is 1.